The molecule has 0 bridgehead atoms. The molecule has 242 valence electrons. The topological polar surface area (TPSA) is 155 Å². The van der Waals surface area contributed by atoms with Crippen LogP contribution in [0.4, 0.5) is 0 Å². The quantitative estimate of drug-likeness (QED) is 0.221. The van der Waals surface area contributed by atoms with Crippen molar-refractivity contribution in [2.45, 2.75) is 44.9 Å². The van der Waals surface area contributed by atoms with E-state index in [1.807, 2.05) is 43.3 Å². The van der Waals surface area contributed by atoms with E-state index in [0.29, 0.717) is 47.2 Å². The molecule has 3 aromatic carbocycles. The number of carboxylic acids is 1. The van der Waals surface area contributed by atoms with E-state index >= 15 is 0 Å². The Hall–Kier alpha value is -4.86. The lowest BCUT2D eigenvalue weighted by molar-refractivity contribution is -0.145. The molecule has 1 aromatic heterocycles. The molecular formula is C35H32ClN3O8. The number of nitriles is 1. The Morgan fingerprint density at radius 1 is 1.02 bits per heavy atom. The van der Waals surface area contributed by atoms with E-state index in [1.165, 1.54) is 11.1 Å². The molecule has 2 unspecified atom stereocenters. The lowest BCUT2D eigenvalue weighted by Gasteiger charge is -2.24. The van der Waals surface area contributed by atoms with Crippen molar-refractivity contribution in [1.82, 2.24) is 9.88 Å². The van der Waals surface area contributed by atoms with E-state index in [2.05, 4.69) is 11.1 Å². The molecule has 0 saturated carbocycles. The minimum absolute atomic E-state index is 0.0214. The molecule has 12 heteroatoms. The molecule has 11 nitrogen and oxygen atoms in total. The number of hydrogen-bond acceptors (Lipinski definition) is 10. The van der Waals surface area contributed by atoms with Gasteiger partial charge in [0.15, 0.2) is 11.5 Å². The van der Waals surface area contributed by atoms with Crippen LogP contribution >= 0.6 is 11.6 Å². The molecule has 0 aliphatic carbocycles. The number of carboxylic acid groups (broad SMARTS) is 1. The number of halogens is 1. The molecule has 3 N–H and O–H groups in total. The number of β-amino-alcohol motifs (C(OH)–C–C–N with tert-alkyl or cyclic N) is 1. The SMILES string of the molecule is Cc1c(COc2cc(OCc3cncc(C#N)c3)c(CN3CC(O)C(O)[C@H]3C(=O)O)cc2Cl)cccc1-c1ccc2c(c1)OCCO2. The normalized spacial score (nSPS) is 18.8. The van der Waals surface area contributed by atoms with Crippen molar-refractivity contribution in [2.24, 2.45) is 0 Å². The molecule has 6 rings (SSSR count). The zero-order valence-corrected chi connectivity index (χ0v) is 26.2. The highest BCUT2D eigenvalue weighted by Gasteiger charge is 2.44. The number of nitrogens with zero attached hydrogens (tertiary/aromatic N) is 3. The second kappa shape index (κ2) is 13.9. The van der Waals surface area contributed by atoms with Gasteiger partial charge < -0.3 is 34.3 Å². The molecule has 3 heterocycles. The summed E-state index contributed by atoms with van der Waals surface area (Å²) in [5, 5.41) is 39.8. The first kappa shape index (κ1) is 32.1. The van der Waals surface area contributed by atoms with Crippen molar-refractivity contribution in [3.8, 4) is 40.2 Å². The number of aromatic nitrogens is 1. The van der Waals surface area contributed by atoms with Crippen LogP contribution in [0.1, 0.15) is 27.8 Å². The molecule has 1 saturated heterocycles. The van der Waals surface area contributed by atoms with Crippen molar-refractivity contribution < 1.29 is 39.1 Å². The first-order chi connectivity index (χ1) is 22.7. The number of likely N-dealkylation sites (tertiary alicyclic amines) is 1. The Morgan fingerprint density at radius 2 is 1.81 bits per heavy atom. The molecule has 2 aliphatic heterocycles. The number of rotatable bonds is 10. The number of aliphatic hydroxyl groups excluding tert-OH is 2. The van der Waals surface area contributed by atoms with Gasteiger partial charge >= 0.3 is 5.97 Å². The molecule has 0 spiro atoms. The number of fused-ring (bicyclic) bond motifs is 1. The van der Waals surface area contributed by atoms with Gasteiger partial charge in [-0.2, -0.15) is 5.26 Å². The largest absolute Gasteiger partial charge is 0.488 e. The van der Waals surface area contributed by atoms with Crippen molar-refractivity contribution in [1.29, 1.82) is 5.26 Å². The Kier molecular flexibility index (Phi) is 9.47. The van der Waals surface area contributed by atoms with E-state index in [0.717, 1.165) is 28.0 Å². The zero-order valence-electron chi connectivity index (χ0n) is 25.4. The number of pyridine rings is 1. The van der Waals surface area contributed by atoms with Crippen LogP contribution in [0.5, 0.6) is 23.0 Å². The summed E-state index contributed by atoms with van der Waals surface area (Å²) in [6.45, 7) is 3.26. The summed E-state index contributed by atoms with van der Waals surface area (Å²) in [4.78, 5) is 17.5. The number of carbonyl (C=O) groups is 1. The van der Waals surface area contributed by atoms with Gasteiger partial charge in [-0.3, -0.25) is 14.7 Å². The molecule has 2 aliphatic rings. The van der Waals surface area contributed by atoms with Gasteiger partial charge in [0.2, 0.25) is 0 Å². The van der Waals surface area contributed by atoms with Gasteiger partial charge in [-0.05, 0) is 53.4 Å². The van der Waals surface area contributed by atoms with E-state index in [1.54, 1.807) is 24.4 Å². The number of aliphatic carboxylic acids is 1. The van der Waals surface area contributed by atoms with Crippen LogP contribution in [0.3, 0.4) is 0 Å². The smallest absolute Gasteiger partial charge is 0.323 e. The second-order valence-electron chi connectivity index (χ2n) is 11.4. The molecule has 0 radical (unpaired) electrons. The van der Waals surface area contributed by atoms with Crippen LogP contribution in [0.25, 0.3) is 11.1 Å². The lowest BCUT2D eigenvalue weighted by Crippen LogP contribution is -2.42. The summed E-state index contributed by atoms with van der Waals surface area (Å²) in [6, 6.07) is 17.5. The zero-order chi connectivity index (χ0) is 33.1. The highest BCUT2D eigenvalue weighted by Crippen LogP contribution is 2.38. The molecule has 1 fully saturated rings. The fourth-order valence-corrected chi connectivity index (χ4v) is 6.07. The van der Waals surface area contributed by atoms with Crippen LogP contribution in [0.15, 0.2) is 67.0 Å². The van der Waals surface area contributed by atoms with Crippen LogP contribution in [0, 0.1) is 18.3 Å². The third-order valence-corrected chi connectivity index (χ3v) is 8.57. The van der Waals surface area contributed by atoms with Gasteiger partial charge in [0.05, 0.1) is 16.7 Å². The van der Waals surface area contributed by atoms with Crippen LogP contribution in [-0.4, -0.2) is 69.2 Å². The highest BCUT2D eigenvalue weighted by atomic mass is 35.5. The molecule has 3 atom stereocenters. The second-order valence-corrected chi connectivity index (χ2v) is 11.8. The molecule has 47 heavy (non-hydrogen) atoms. The first-order valence-corrected chi connectivity index (χ1v) is 15.3. The van der Waals surface area contributed by atoms with Crippen molar-refractivity contribution >= 4 is 17.6 Å². The predicted octanol–water partition coefficient (Wildman–Crippen LogP) is 4.50. The standard InChI is InChI=1S/C35H32ClN3O8/c1-20-24(3-2-4-26(20)23-5-6-29-32(11-23)45-8-7-44-29)19-47-31-12-30(46-18-22-9-21(13-37)14-38-15-22)25(10-27(31)36)16-39-17-28(40)34(41)33(39)35(42)43/h2-6,9-12,14-15,28,33-34,40-41H,7-8,16-19H2,1H3,(H,42,43)/t28?,33-,34?/m0/s1. The molecular weight excluding hydrogens is 626 g/mol. The maximum atomic E-state index is 11.9. The average Bonchev–Trinajstić information content (AvgIpc) is 3.36. The number of aliphatic hydroxyl groups is 2. The van der Waals surface area contributed by atoms with Gasteiger partial charge in [-0.15, -0.1) is 0 Å². The Balaban J connectivity index is 1.26. The summed E-state index contributed by atoms with van der Waals surface area (Å²) in [5.74, 6) is 0.869. The summed E-state index contributed by atoms with van der Waals surface area (Å²) in [5.41, 5.74) is 5.51. The van der Waals surface area contributed by atoms with Crippen molar-refractivity contribution in [2.75, 3.05) is 19.8 Å². The summed E-state index contributed by atoms with van der Waals surface area (Å²) in [6.07, 6.45) is 0.360. The first-order valence-electron chi connectivity index (χ1n) is 15.0. The highest BCUT2D eigenvalue weighted by molar-refractivity contribution is 6.32. The van der Waals surface area contributed by atoms with Crippen LogP contribution in [0.2, 0.25) is 5.02 Å². The van der Waals surface area contributed by atoms with Gasteiger partial charge in [0.1, 0.15) is 56.1 Å². The Bertz CT molecular complexity index is 1840. The number of hydrogen-bond donors (Lipinski definition) is 3. The minimum atomic E-state index is -1.45. The fraction of sp³-hybridized carbons (Fsp3) is 0.286. The Labute approximate surface area is 276 Å². The minimum Gasteiger partial charge on any atom is -0.488 e. The maximum Gasteiger partial charge on any atom is 0.323 e. The van der Waals surface area contributed by atoms with Gasteiger partial charge in [0, 0.05) is 42.7 Å². The third kappa shape index (κ3) is 6.96. The fourth-order valence-electron chi connectivity index (χ4n) is 5.82. The van der Waals surface area contributed by atoms with Crippen LogP contribution < -0.4 is 18.9 Å². The molecule has 4 aromatic rings. The third-order valence-electron chi connectivity index (χ3n) is 8.27. The monoisotopic (exact) mass is 657 g/mol. The summed E-state index contributed by atoms with van der Waals surface area (Å²) < 4.78 is 23.8. The van der Waals surface area contributed by atoms with Crippen molar-refractivity contribution in [3.05, 3.63) is 99.8 Å². The summed E-state index contributed by atoms with van der Waals surface area (Å²) in [7, 11) is 0. The van der Waals surface area contributed by atoms with E-state index in [-0.39, 0.29) is 31.3 Å². The predicted molar refractivity (Wildman–Crippen MR) is 171 cm³/mol. The average molecular weight is 658 g/mol. The summed E-state index contributed by atoms with van der Waals surface area (Å²) >= 11 is 6.71. The molecule has 0 amide bonds. The van der Waals surface area contributed by atoms with E-state index in [4.69, 9.17) is 30.5 Å². The number of benzene rings is 3. The van der Waals surface area contributed by atoms with Crippen molar-refractivity contribution in [3.63, 3.8) is 0 Å². The van der Waals surface area contributed by atoms with E-state index in [9.17, 15) is 25.4 Å². The van der Waals surface area contributed by atoms with Gasteiger partial charge in [-0.25, -0.2) is 0 Å². The van der Waals surface area contributed by atoms with Crippen LogP contribution in [-0.2, 0) is 24.6 Å². The van der Waals surface area contributed by atoms with E-state index < -0.39 is 24.2 Å². The van der Waals surface area contributed by atoms with Gasteiger partial charge in [0.25, 0.3) is 0 Å². The van der Waals surface area contributed by atoms with Gasteiger partial charge in [-0.1, -0.05) is 35.9 Å². The lowest BCUT2D eigenvalue weighted by atomic mass is 9.96. The Morgan fingerprint density at radius 3 is 2.60 bits per heavy atom. The maximum absolute atomic E-state index is 11.9. The number of ether oxygens (including phenoxy) is 4.